The Kier molecular flexibility index (Phi) is 7.08. The molecule has 0 unspecified atom stereocenters. The van der Waals surface area contributed by atoms with Gasteiger partial charge in [-0.15, -0.1) is 0 Å². The molecule has 1 saturated heterocycles. The van der Waals surface area contributed by atoms with Crippen molar-refractivity contribution in [2.75, 3.05) is 39.9 Å². The number of nitrogens with one attached hydrogen (secondary N) is 1. The zero-order valence-corrected chi connectivity index (χ0v) is 18.4. The van der Waals surface area contributed by atoms with Crippen LogP contribution < -0.4 is 11.5 Å². The molecule has 7 nitrogen and oxygen atoms in total. The lowest BCUT2D eigenvalue weighted by molar-refractivity contribution is 0.0842. The van der Waals surface area contributed by atoms with Crippen LogP contribution in [0.4, 0.5) is 0 Å². The minimum Gasteiger partial charge on any atom is -0.480 e. The minimum absolute atomic E-state index is 0.0570. The van der Waals surface area contributed by atoms with E-state index in [0.717, 1.165) is 51.2 Å². The summed E-state index contributed by atoms with van der Waals surface area (Å²) < 4.78 is 11.1. The Bertz CT molecular complexity index is 815. The summed E-state index contributed by atoms with van der Waals surface area (Å²) in [5.74, 6) is 1.14. The van der Waals surface area contributed by atoms with Crippen molar-refractivity contribution in [2.24, 2.45) is 11.5 Å². The first-order valence-corrected chi connectivity index (χ1v) is 10.6. The topological polar surface area (TPSA) is 101 Å². The van der Waals surface area contributed by atoms with E-state index in [4.69, 9.17) is 26.4 Å². The average Bonchev–Trinajstić information content (AvgIpc) is 3.46. The fraction of sp³-hybridized carbons (Fsp3) is 0.565. The first-order chi connectivity index (χ1) is 14.3. The van der Waals surface area contributed by atoms with Gasteiger partial charge in [0.1, 0.15) is 11.4 Å². The average molecular weight is 414 g/mol. The van der Waals surface area contributed by atoms with E-state index < -0.39 is 0 Å². The molecule has 3 aliphatic rings. The summed E-state index contributed by atoms with van der Waals surface area (Å²) >= 11 is 0. The van der Waals surface area contributed by atoms with E-state index in [1.165, 1.54) is 0 Å². The van der Waals surface area contributed by atoms with E-state index in [1.54, 1.807) is 13.2 Å². The van der Waals surface area contributed by atoms with Crippen molar-refractivity contribution >= 4 is 5.84 Å². The van der Waals surface area contributed by atoms with Gasteiger partial charge in [0, 0.05) is 57.1 Å². The molecule has 0 aromatic rings. The van der Waals surface area contributed by atoms with Gasteiger partial charge in [0.2, 0.25) is 0 Å². The summed E-state index contributed by atoms with van der Waals surface area (Å²) in [4.78, 5) is 4.46. The number of ether oxygens (including phenoxy) is 2. The summed E-state index contributed by atoms with van der Waals surface area (Å²) in [7, 11) is 1.72. The van der Waals surface area contributed by atoms with Crippen molar-refractivity contribution in [2.45, 2.75) is 44.8 Å². The van der Waals surface area contributed by atoms with Gasteiger partial charge in [0.25, 0.3) is 0 Å². The molecular formula is C23H35N5O2. The molecule has 3 rings (SSSR count). The van der Waals surface area contributed by atoms with Gasteiger partial charge in [-0.1, -0.05) is 5.73 Å². The van der Waals surface area contributed by atoms with Crippen molar-refractivity contribution in [1.29, 1.82) is 5.41 Å². The Labute approximate surface area is 179 Å². The Morgan fingerprint density at radius 1 is 1.37 bits per heavy atom. The van der Waals surface area contributed by atoms with Crippen molar-refractivity contribution < 1.29 is 9.47 Å². The molecular weight excluding hydrogens is 378 g/mol. The Hall–Kier alpha value is -2.47. The maximum Gasteiger partial charge on any atom is 0.163 e. The smallest absolute Gasteiger partial charge is 0.163 e. The van der Waals surface area contributed by atoms with Gasteiger partial charge in [-0.25, -0.2) is 0 Å². The molecule has 164 valence electrons. The molecule has 5 N–H and O–H groups in total. The summed E-state index contributed by atoms with van der Waals surface area (Å²) in [6.07, 6.45) is 9.89. The van der Waals surface area contributed by atoms with Crippen LogP contribution in [-0.4, -0.2) is 67.2 Å². The van der Waals surface area contributed by atoms with E-state index in [9.17, 15) is 0 Å². The molecule has 2 aliphatic carbocycles. The highest BCUT2D eigenvalue weighted by molar-refractivity contribution is 5.91. The highest BCUT2D eigenvalue weighted by atomic mass is 16.5. The largest absolute Gasteiger partial charge is 0.480 e. The predicted octanol–water partition coefficient (Wildman–Crippen LogP) is 2.24. The molecule has 30 heavy (non-hydrogen) atoms. The zero-order valence-electron chi connectivity index (χ0n) is 18.4. The van der Waals surface area contributed by atoms with Gasteiger partial charge >= 0.3 is 0 Å². The molecule has 2 fully saturated rings. The second-order valence-electron chi connectivity index (χ2n) is 8.62. The monoisotopic (exact) mass is 413 g/mol. The first kappa shape index (κ1) is 22.2. The molecule has 0 radical (unpaired) electrons. The number of nitrogens with two attached hydrogens (primary N) is 2. The predicted molar refractivity (Wildman–Crippen MR) is 120 cm³/mol. The third-order valence-electron chi connectivity index (χ3n) is 5.89. The van der Waals surface area contributed by atoms with E-state index >= 15 is 0 Å². The minimum atomic E-state index is -0.0570. The summed E-state index contributed by atoms with van der Waals surface area (Å²) in [6.45, 7) is 8.47. The van der Waals surface area contributed by atoms with Crippen LogP contribution in [0.5, 0.6) is 0 Å². The number of hydrogen-bond donors (Lipinski definition) is 3. The lowest BCUT2D eigenvalue weighted by Gasteiger charge is -2.40. The quantitative estimate of drug-likeness (QED) is 0.321. The molecule has 0 bridgehead atoms. The Morgan fingerprint density at radius 3 is 2.80 bits per heavy atom. The van der Waals surface area contributed by atoms with E-state index in [2.05, 4.69) is 29.4 Å². The van der Waals surface area contributed by atoms with Crippen LogP contribution in [0.3, 0.4) is 0 Å². The van der Waals surface area contributed by atoms with Crippen LogP contribution in [0.15, 0.2) is 52.8 Å². The highest BCUT2D eigenvalue weighted by Crippen LogP contribution is 2.40. The van der Waals surface area contributed by atoms with Gasteiger partial charge < -0.3 is 25.8 Å². The second-order valence-corrected chi connectivity index (χ2v) is 8.62. The van der Waals surface area contributed by atoms with E-state index in [1.807, 2.05) is 18.2 Å². The SMILES string of the molecule is COCCN1CCN(C(=N)/C=C(\N)CC2=C(N)C=CC(OC3(C)CC3)=C=C2)C[C@H]1C. The standard InChI is InChI=1S/C23H35N5O2/c1-17-16-28(11-10-27(17)12-13-29-3)22(26)15-19(24)14-18-4-5-20(6-7-21(18)25)30-23(2)8-9-23/h4,6-7,15,17,26H,8-14,16,24-25H2,1-3H3/b19-15-,26-22?/t17-/m1/s1. The lowest BCUT2D eigenvalue weighted by atomic mass is 10.1. The van der Waals surface area contributed by atoms with Crippen LogP contribution in [0, 0.1) is 5.41 Å². The molecule has 1 saturated carbocycles. The van der Waals surface area contributed by atoms with Crippen molar-refractivity contribution in [3.05, 3.63) is 52.8 Å². The molecule has 0 amide bonds. The molecule has 0 aromatic carbocycles. The Balaban J connectivity index is 1.58. The molecule has 0 spiro atoms. The van der Waals surface area contributed by atoms with Crippen molar-refractivity contribution in [3.8, 4) is 0 Å². The van der Waals surface area contributed by atoms with E-state index in [0.29, 0.717) is 35.5 Å². The number of rotatable bonds is 8. The van der Waals surface area contributed by atoms with Gasteiger partial charge in [-0.05, 0) is 56.6 Å². The summed E-state index contributed by atoms with van der Waals surface area (Å²) in [6, 6.07) is 0.369. The number of allylic oxidation sites excluding steroid dienone is 3. The van der Waals surface area contributed by atoms with Crippen LogP contribution in [0.1, 0.15) is 33.1 Å². The number of amidine groups is 1. The third-order valence-corrected chi connectivity index (χ3v) is 5.89. The number of piperazine rings is 1. The van der Waals surface area contributed by atoms with Crippen LogP contribution >= 0.6 is 0 Å². The fourth-order valence-electron chi connectivity index (χ4n) is 3.61. The van der Waals surface area contributed by atoms with Gasteiger partial charge in [0.05, 0.1) is 6.61 Å². The Morgan fingerprint density at radius 2 is 2.13 bits per heavy atom. The number of methoxy groups -OCH3 is 1. The lowest BCUT2D eigenvalue weighted by Crippen LogP contribution is -2.53. The van der Waals surface area contributed by atoms with E-state index in [-0.39, 0.29) is 5.60 Å². The fourth-order valence-corrected chi connectivity index (χ4v) is 3.61. The van der Waals surface area contributed by atoms with Gasteiger partial charge in [0.15, 0.2) is 5.76 Å². The summed E-state index contributed by atoms with van der Waals surface area (Å²) in [5.41, 5.74) is 17.7. The highest BCUT2D eigenvalue weighted by Gasteiger charge is 2.40. The first-order valence-electron chi connectivity index (χ1n) is 10.6. The normalized spacial score (nSPS) is 24.0. The molecule has 7 heteroatoms. The molecule has 1 heterocycles. The second kappa shape index (κ2) is 9.56. The maximum absolute atomic E-state index is 8.47. The number of hydrogen-bond acceptors (Lipinski definition) is 6. The number of nitrogens with zero attached hydrogens (tertiary/aromatic N) is 2. The van der Waals surface area contributed by atoms with Crippen molar-refractivity contribution in [1.82, 2.24) is 9.80 Å². The maximum atomic E-state index is 8.47. The molecule has 1 atom stereocenters. The van der Waals surface area contributed by atoms with Gasteiger partial charge in [-0.3, -0.25) is 10.3 Å². The third kappa shape index (κ3) is 6.02. The molecule has 1 aliphatic heterocycles. The van der Waals surface area contributed by atoms with Crippen LogP contribution in [-0.2, 0) is 9.47 Å². The molecule has 0 aromatic heterocycles. The summed E-state index contributed by atoms with van der Waals surface area (Å²) in [5, 5.41) is 8.47. The van der Waals surface area contributed by atoms with Crippen molar-refractivity contribution in [3.63, 3.8) is 0 Å². The van der Waals surface area contributed by atoms with Crippen LogP contribution in [0.25, 0.3) is 0 Å². The van der Waals surface area contributed by atoms with Crippen LogP contribution in [0.2, 0.25) is 0 Å². The zero-order chi connectivity index (χ0) is 21.7. The van der Waals surface area contributed by atoms with Gasteiger partial charge in [-0.2, -0.15) is 0 Å².